The van der Waals surface area contributed by atoms with Crippen LogP contribution in [0, 0.1) is 12.8 Å². The van der Waals surface area contributed by atoms with Crippen LogP contribution < -0.4 is 0 Å². The van der Waals surface area contributed by atoms with Crippen molar-refractivity contribution in [2.45, 2.75) is 52.3 Å². The van der Waals surface area contributed by atoms with Gasteiger partial charge in [0.1, 0.15) is 11.9 Å². The topological polar surface area (TPSA) is 59.1 Å². The molecule has 6 heteroatoms. The molecule has 0 amide bonds. The van der Waals surface area contributed by atoms with Crippen LogP contribution in [0.3, 0.4) is 0 Å². The molecule has 1 N–H and O–H groups in total. The summed E-state index contributed by atoms with van der Waals surface area (Å²) in [7, 11) is 1.94. The van der Waals surface area contributed by atoms with Gasteiger partial charge in [-0.2, -0.15) is 5.10 Å². The van der Waals surface area contributed by atoms with Crippen molar-refractivity contribution < 1.29 is 5.11 Å². The highest BCUT2D eigenvalue weighted by Gasteiger charge is 2.29. The lowest BCUT2D eigenvalue weighted by atomic mass is 9.91. The van der Waals surface area contributed by atoms with Gasteiger partial charge in [-0.25, -0.2) is 4.98 Å². The third-order valence-corrected chi connectivity index (χ3v) is 5.05. The number of imidazole rings is 1. The second-order valence-electron chi connectivity index (χ2n) is 7.29. The van der Waals surface area contributed by atoms with Crippen molar-refractivity contribution in [1.29, 1.82) is 0 Å². The zero-order chi connectivity index (χ0) is 17.3. The average molecular weight is 331 g/mol. The Balaban J connectivity index is 1.66. The number of piperidine rings is 1. The molecule has 6 nitrogen and oxygen atoms in total. The number of nitrogens with zero attached hydrogens (tertiary/aromatic N) is 5. The van der Waals surface area contributed by atoms with Crippen LogP contribution in [-0.2, 0) is 13.6 Å². The highest BCUT2D eigenvalue weighted by molar-refractivity contribution is 5.16. The molecule has 0 aromatic carbocycles. The van der Waals surface area contributed by atoms with E-state index in [1.165, 1.54) is 5.56 Å². The summed E-state index contributed by atoms with van der Waals surface area (Å²) in [5, 5.41) is 15.3. The van der Waals surface area contributed by atoms with E-state index < -0.39 is 6.10 Å². The number of likely N-dealkylation sites (tertiary alicyclic amines) is 1. The van der Waals surface area contributed by atoms with Crippen molar-refractivity contribution in [2.24, 2.45) is 13.0 Å². The lowest BCUT2D eigenvalue weighted by Crippen LogP contribution is -2.38. The Morgan fingerprint density at radius 2 is 2.17 bits per heavy atom. The van der Waals surface area contributed by atoms with Crippen LogP contribution in [0.25, 0.3) is 0 Å². The fourth-order valence-corrected chi connectivity index (χ4v) is 3.55. The Bertz CT molecular complexity index is 675. The maximum Gasteiger partial charge on any atom is 0.137 e. The first kappa shape index (κ1) is 17.2. The number of aromatic nitrogens is 4. The minimum absolute atomic E-state index is 0.236. The predicted octanol–water partition coefficient (Wildman–Crippen LogP) is 2.45. The Morgan fingerprint density at radius 1 is 1.38 bits per heavy atom. The summed E-state index contributed by atoms with van der Waals surface area (Å²) < 4.78 is 3.95. The quantitative estimate of drug-likeness (QED) is 0.914. The minimum Gasteiger partial charge on any atom is -0.385 e. The van der Waals surface area contributed by atoms with E-state index in [2.05, 4.69) is 42.0 Å². The molecule has 1 fully saturated rings. The van der Waals surface area contributed by atoms with E-state index in [1.807, 2.05) is 22.5 Å². The molecule has 0 radical (unpaired) electrons. The summed E-state index contributed by atoms with van der Waals surface area (Å²) in [6.45, 7) is 9.27. The Labute approximate surface area is 144 Å². The highest BCUT2D eigenvalue weighted by Crippen LogP contribution is 2.29. The van der Waals surface area contributed by atoms with E-state index in [9.17, 15) is 5.11 Å². The summed E-state index contributed by atoms with van der Waals surface area (Å²) in [6, 6.07) is 0.386. The molecule has 3 heterocycles. The molecular weight excluding hydrogens is 302 g/mol. The van der Waals surface area contributed by atoms with Crippen LogP contribution in [0.1, 0.15) is 55.9 Å². The van der Waals surface area contributed by atoms with E-state index in [0.29, 0.717) is 6.04 Å². The molecule has 0 aliphatic carbocycles. The van der Waals surface area contributed by atoms with Crippen LogP contribution in [0.5, 0.6) is 0 Å². The molecule has 2 atom stereocenters. The SMILES string of the molecule is Cc1nn(C(C)C)cc1CN1CCCC(C(O)c2nccn2C)C1. The molecule has 1 aliphatic heterocycles. The number of hydrogen-bond acceptors (Lipinski definition) is 4. The van der Waals surface area contributed by atoms with E-state index >= 15 is 0 Å². The van der Waals surface area contributed by atoms with Crippen LogP contribution >= 0.6 is 0 Å². The predicted molar refractivity (Wildman–Crippen MR) is 93.5 cm³/mol. The average Bonchev–Trinajstić information content (AvgIpc) is 3.13. The van der Waals surface area contributed by atoms with Crippen molar-refractivity contribution in [2.75, 3.05) is 13.1 Å². The summed E-state index contributed by atoms with van der Waals surface area (Å²) >= 11 is 0. The minimum atomic E-state index is -0.493. The maximum absolute atomic E-state index is 10.7. The zero-order valence-electron chi connectivity index (χ0n) is 15.2. The standard InChI is InChI=1S/C18H29N5O/c1-13(2)23-12-16(14(3)20-23)11-22-8-5-6-15(10-22)17(24)18-19-7-9-21(18)4/h7,9,12-13,15,17,24H,5-6,8,10-11H2,1-4H3. The van der Waals surface area contributed by atoms with E-state index in [1.54, 1.807) is 6.20 Å². The first-order chi connectivity index (χ1) is 11.5. The maximum atomic E-state index is 10.7. The van der Waals surface area contributed by atoms with E-state index in [4.69, 9.17) is 0 Å². The van der Waals surface area contributed by atoms with Gasteiger partial charge in [0, 0.05) is 56.3 Å². The molecule has 3 rings (SSSR count). The first-order valence-corrected chi connectivity index (χ1v) is 8.88. The monoisotopic (exact) mass is 331 g/mol. The summed E-state index contributed by atoms with van der Waals surface area (Å²) in [4.78, 5) is 6.76. The van der Waals surface area contributed by atoms with Crippen molar-refractivity contribution in [3.63, 3.8) is 0 Å². The largest absolute Gasteiger partial charge is 0.385 e. The third kappa shape index (κ3) is 3.54. The van der Waals surface area contributed by atoms with Crippen LogP contribution in [-0.4, -0.2) is 42.4 Å². The van der Waals surface area contributed by atoms with E-state index in [0.717, 1.165) is 44.0 Å². The van der Waals surface area contributed by atoms with Crippen molar-refractivity contribution in [3.8, 4) is 0 Å². The second-order valence-corrected chi connectivity index (χ2v) is 7.29. The third-order valence-electron chi connectivity index (χ3n) is 5.05. The molecule has 0 bridgehead atoms. The Kier molecular flexibility index (Phi) is 5.06. The summed E-state index contributed by atoms with van der Waals surface area (Å²) in [5.41, 5.74) is 2.39. The zero-order valence-corrected chi connectivity index (χ0v) is 15.2. The molecule has 1 aliphatic rings. The van der Waals surface area contributed by atoms with Gasteiger partial charge in [0.05, 0.1) is 5.69 Å². The summed E-state index contributed by atoms with van der Waals surface area (Å²) in [5.74, 6) is 1.01. The van der Waals surface area contributed by atoms with Gasteiger partial charge in [-0.3, -0.25) is 9.58 Å². The number of aryl methyl sites for hydroxylation is 2. The van der Waals surface area contributed by atoms with Gasteiger partial charge in [-0.05, 0) is 40.2 Å². The van der Waals surface area contributed by atoms with E-state index in [-0.39, 0.29) is 5.92 Å². The molecule has 132 valence electrons. The fraction of sp³-hybridized carbons (Fsp3) is 0.667. The Morgan fingerprint density at radius 3 is 2.79 bits per heavy atom. The molecular formula is C18H29N5O. The molecule has 0 saturated carbocycles. The molecule has 2 aromatic heterocycles. The number of hydrogen-bond donors (Lipinski definition) is 1. The van der Waals surface area contributed by atoms with Gasteiger partial charge in [0.15, 0.2) is 0 Å². The fourth-order valence-electron chi connectivity index (χ4n) is 3.55. The van der Waals surface area contributed by atoms with Crippen molar-refractivity contribution in [3.05, 3.63) is 35.7 Å². The second kappa shape index (κ2) is 7.07. The Hall–Kier alpha value is -1.66. The van der Waals surface area contributed by atoms with Crippen molar-refractivity contribution >= 4 is 0 Å². The normalized spacial score (nSPS) is 20.7. The summed E-state index contributed by atoms with van der Waals surface area (Å²) in [6.07, 6.45) is 7.48. The van der Waals surface area contributed by atoms with Gasteiger partial charge in [0.25, 0.3) is 0 Å². The molecule has 2 aromatic rings. The number of aliphatic hydroxyl groups is 1. The lowest BCUT2D eigenvalue weighted by molar-refractivity contribution is 0.0404. The highest BCUT2D eigenvalue weighted by atomic mass is 16.3. The van der Waals surface area contributed by atoms with Gasteiger partial charge in [-0.1, -0.05) is 0 Å². The smallest absolute Gasteiger partial charge is 0.137 e. The van der Waals surface area contributed by atoms with Gasteiger partial charge < -0.3 is 9.67 Å². The van der Waals surface area contributed by atoms with Crippen LogP contribution in [0.2, 0.25) is 0 Å². The van der Waals surface area contributed by atoms with Crippen LogP contribution in [0.4, 0.5) is 0 Å². The number of rotatable bonds is 5. The molecule has 0 spiro atoms. The number of aliphatic hydroxyl groups excluding tert-OH is 1. The van der Waals surface area contributed by atoms with Gasteiger partial charge >= 0.3 is 0 Å². The van der Waals surface area contributed by atoms with Gasteiger partial charge in [-0.15, -0.1) is 0 Å². The first-order valence-electron chi connectivity index (χ1n) is 8.88. The van der Waals surface area contributed by atoms with Gasteiger partial charge in [0.2, 0.25) is 0 Å². The molecule has 2 unspecified atom stereocenters. The van der Waals surface area contributed by atoms with Crippen molar-refractivity contribution in [1.82, 2.24) is 24.2 Å². The van der Waals surface area contributed by atoms with Crippen LogP contribution in [0.15, 0.2) is 18.6 Å². The molecule has 1 saturated heterocycles. The lowest BCUT2D eigenvalue weighted by Gasteiger charge is -2.34. The molecule has 24 heavy (non-hydrogen) atoms.